The Morgan fingerprint density at radius 1 is 1.33 bits per heavy atom. The van der Waals surface area contributed by atoms with Crippen molar-refractivity contribution in [3.05, 3.63) is 34.3 Å². The average molecular weight is 233 g/mol. The topological polar surface area (TPSA) is 0 Å². The Morgan fingerprint density at radius 3 is 2.53 bits per heavy atom. The van der Waals surface area contributed by atoms with Crippen molar-refractivity contribution in [2.24, 2.45) is 0 Å². The van der Waals surface area contributed by atoms with Crippen molar-refractivity contribution in [3.63, 3.8) is 0 Å². The number of terminal acetylenes is 1. The van der Waals surface area contributed by atoms with E-state index >= 15 is 0 Å². The van der Waals surface area contributed by atoms with Gasteiger partial charge in [-0.3, -0.25) is 0 Å². The van der Waals surface area contributed by atoms with E-state index in [4.69, 9.17) is 18.0 Å². The molecule has 15 heavy (non-hydrogen) atoms. The van der Waals surface area contributed by atoms with E-state index in [1.807, 2.05) is 0 Å². The maximum Gasteiger partial charge on any atom is 0.416 e. The zero-order valence-corrected chi connectivity index (χ0v) is 8.49. The molecule has 0 aliphatic heterocycles. The molecule has 0 aliphatic carbocycles. The normalized spacial score (nSPS) is 11.1. The zero-order valence-electron chi connectivity index (χ0n) is 7.74. The van der Waals surface area contributed by atoms with Crippen LogP contribution in [0.1, 0.15) is 17.5 Å². The van der Waals surface area contributed by atoms with Crippen molar-refractivity contribution in [2.75, 3.05) is 0 Å². The molecule has 0 amide bonds. The number of aryl methyl sites for hydroxylation is 1. The van der Waals surface area contributed by atoms with E-state index in [1.54, 1.807) is 0 Å². The summed E-state index contributed by atoms with van der Waals surface area (Å²) in [6.45, 7) is 0. The molecule has 0 atom stereocenters. The molecule has 80 valence electrons. The lowest BCUT2D eigenvalue weighted by atomic mass is 10.0. The lowest BCUT2D eigenvalue weighted by molar-refractivity contribution is -0.138. The number of alkyl halides is 3. The monoisotopic (exact) mass is 232 g/mol. The fourth-order valence-corrected chi connectivity index (χ4v) is 1.41. The smallest absolute Gasteiger partial charge is 0.166 e. The molecule has 0 saturated carbocycles. The van der Waals surface area contributed by atoms with E-state index in [0.29, 0.717) is 0 Å². The molecule has 0 spiro atoms. The third-order valence-electron chi connectivity index (χ3n) is 1.92. The van der Waals surface area contributed by atoms with Gasteiger partial charge in [-0.1, -0.05) is 17.7 Å². The Bertz CT molecular complexity index is 388. The molecule has 0 saturated heterocycles. The van der Waals surface area contributed by atoms with Gasteiger partial charge < -0.3 is 0 Å². The van der Waals surface area contributed by atoms with Crippen LogP contribution in [0.2, 0.25) is 5.02 Å². The van der Waals surface area contributed by atoms with Crippen LogP contribution >= 0.6 is 11.6 Å². The molecule has 0 unspecified atom stereocenters. The molecule has 1 rings (SSSR count). The summed E-state index contributed by atoms with van der Waals surface area (Å²) in [5, 5.41) is 0.0757. The summed E-state index contributed by atoms with van der Waals surface area (Å²) in [7, 11) is 0. The summed E-state index contributed by atoms with van der Waals surface area (Å²) in [6.07, 6.45) is 1.12. The molecule has 0 nitrogen and oxygen atoms in total. The van der Waals surface area contributed by atoms with Crippen LogP contribution in [0, 0.1) is 12.3 Å². The van der Waals surface area contributed by atoms with E-state index in [-0.39, 0.29) is 23.4 Å². The van der Waals surface area contributed by atoms with Crippen molar-refractivity contribution < 1.29 is 13.2 Å². The number of halogens is 4. The van der Waals surface area contributed by atoms with Crippen LogP contribution in [0.4, 0.5) is 13.2 Å². The molecular formula is C11H8ClF3. The van der Waals surface area contributed by atoms with Gasteiger partial charge in [-0.15, -0.1) is 12.3 Å². The highest BCUT2D eigenvalue weighted by Crippen LogP contribution is 2.34. The van der Waals surface area contributed by atoms with Crippen LogP contribution < -0.4 is 0 Å². The molecule has 0 fully saturated rings. The molecule has 4 heteroatoms. The predicted molar refractivity (Wildman–Crippen MR) is 53.6 cm³/mol. The highest BCUT2D eigenvalue weighted by Gasteiger charge is 2.33. The van der Waals surface area contributed by atoms with Crippen molar-refractivity contribution in [1.82, 2.24) is 0 Å². The number of hydrogen-bond acceptors (Lipinski definition) is 0. The standard InChI is InChI=1S/C11H8ClF3/c1-2-3-4-8-5-6-9(12)7-10(8)11(13,14)15/h1,5-7H,3-4H2. The lowest BCUT2D eigenvalue weighted by Gasteiger charge is -2.12. The Labute approximate surface area is 91.1 Å². The summed E-state index contributed by atoms with van der Waals surface area (Å²) in [5.74, 6) is 2.31. The molecule has 1 aromatic carbocycles. The summed E-state index contributed by atoms with van der Waals surface area (Å²) in [6, 6.07) is 3.72. The van der Waals surface area contributed by atoms with Crippen LogP contribution in [-0.4, -0.2) is 0 Å². The summed E-state index contributed by atoms with van der Waals surface area (Å²) in [4.78, 5) is 0. The highest BCUT2D eigenvalue weighted by molar-refractivity contribution is 6.30. The molecule has 0 bridgehead atoms. The van der Waals surface area contributed by atoms with Crippen LogP contribution in [0.3, 0.4) is 0 Å². The van der Waals surface area contributed by atoms with E-state index in [9.17, 15) is 13.2 Å². The van der Waals surface area contributed by atoms with Gasteiger partial charge in [0.25, 0.3) is 0 Å². The SMILES string of the molecule is C#CCCc1ccc(Cl)cc1C(F)(F)F. The molecule has 0 aliphatic rings. The third kappa shape index (κ3) is 3.17. The van der Waals surface area contributed by atoms with Crippen molar-refractivity contribution in [3.8, 4) is 12.3 Å². The highest BCUT2D eigenvalue weighted by atomic mass is 35.5. The van der Waals surface area contributed by atoms with Crippen LogP contribution in [0.25, 0.3) is 0 Å². The molecular weight excluding hydrogens is 225 g/mol. The zero-order chi connectivity index (χ0) is 11.5. The van der Waals surface area contributed by atoms with Gasteiger partial charge in [0.05, 0.1) is 5.56 Å². The van der Waals surface area contributed by atoms with E-state index in [1.165, 1.54) is 12.1 Å². The summed E-state index contributed by atoms with van der Waals surface area (Å²) >= 11 is 5.52. The van der Waals surface area contributed by atoms with Gasteiger partial charge in [0.15, 0.2) is 0 Å². The number of benzene rings is 1. The van der Waals surface area contributed by atoms with Gasteiger partial charge in [-0.2, -0.15) is 13.2 Å². The second-order valence-electron chi connectivity index (χ2n) is 3.00. The lowest BCUT2D eigenvalue weighted by Crippen LogP contribution is -2.09. The van der Waals surface area contributed by atoms with Crippen molar-refractivity contribution >= 4 is 11.6 Å². The molecule has 0 N–H and O–H groups in total. The van der Waals surface area contributed by atoms with E-state index in [2.05, 4.69) is 5.92 Å². The maximum absolute atomic E-state index is 12.5. The van der Waals surface area contributed by atoms with Gasteiger partial charge in [0.2, 0.25) is 0 Å². The average Bonchev–Trinajstić information content (AvgIpc) is 2.14. The van der Waals surface area contributed by atoms with Crippen LogP contribution in [0.5, 0.6) is 0 Å². The first-order valence-electron chi connectivity index (χ1n) is 4.24. The molecule has 0 radical (unpaired) electrons. The maximum atomic E-state index is 12.5. The Hall–Kier alpha value is -1.14. The summed E-state index contributed by atoms with van der Waals surface area (Å²) in [5.41, 5.74) is -0.518. The van der Waals surface area contributed by atoms with Gasteiger partial charge in [0, 0.05) is 11.4 Å². The minimum Gasteiger partial charge on any atom is -0.166 e. The number of rotatable bonds is 2. The number of hydrogen-bond donors (Lipinski definition) is 0. The van der Waals surface area contributed by atoms with Gasteiger partial charge >= 0.3 is 6.18 Å². The first kappa shape index (κ1) is 11.9. The fourth-order valence-electron chi connectivity index (χ4n) is 1.24. The Kier molecular flexibility index (Phi) is 3.65. The van der Waals surface area contributed by atoms with Crippen LogP contribution in [0.15, 0.2) is 18.2 Å². The van der Waals surface area contributed by atoms with E-state index in [0.717, 1.165) is 6.07 Å². The predicted octanol–water partition coefficient (Wildman–Crippen LogP) is 3.92. The van der Waals surface area contributed by atoms with Gasteiger partial charge in [-0.05, 0) is 24.1 Å². The fraction of sp³-hybridized carbons (Fsp3) is 0.273. The first-order valence-corrected chi connectivity index (χ1v) is 4.62. The second kappa shape index (κ2) is 4.59. The third-order valence-corrected chi connectivity index (χ3v) is 2.15. The van der Waals surface area contributed by atoms with Crippen molar-refractivity contribution in [1.29, 1.82) is 0 Å². The van der Waals surface area contributed by atoms with Gasteiger partial charge in [-0.25, -0.2) is 0 Å². The first-order chi connectivity index (χ1) is 6.95. The van der Waals surface area contributed by atoms with Crippen molar-refractivity contribution in [2.45, 2.75) is 19.0 Å². The second-order valence-corrected chi connectivity index (χ2v) is 3.44. The molecule has 0 aromatic heterocycles. The van der Waals surface area contributed by atoms with Crippen LogP contribution in [-0.2, 0) is 12.6 Å². The minimum absolute atomic E-state index is 0.0757. The quantitative estimate of drug-likeness (QED) is 0.678. The van der Waals surface area contributed by atoms with E-state index < -0.39 is 11.7 Å². The Morgan fingerprint density at radius 2 is 2.00 bits per heavy atom. The minimum atomic E-state index is -4.38. The summed E-state index contributed by atoms with van der Waals surface area (Å²) < 4.78 is 37.6. The van der Waals surface area contributed by atoms with Gasteiger partial charge in [0.1, 0.15) is 0 Å². The largest absolute Gasteiger partial charge is 0.416 e. The molecule has 0 heterocycles. The molecule has 1 aromatic rings. The Balaban J connectivity index is 3.10.